The topological polar surface area (TPSA) is 177 Å². The van der Waals surface area contributed by atoms with E-state index in [1.165, 1.54) is 17.0 Å². The molecule has 1 aliphatic carbocycles. The van der Waals surface area contributed by atoms with E-state index in [-0.39, 0.29) is 25.1 Å². The Morgan fingerprint density at radius 3 is 2.69 bits per heavy atom. The number of nitrogens with zero attached hydrogens (tertiary/aromatic N) is 1. The number of nitrogens with one attached hydrogen (secondary N) is 3. The summed E-state index contributed by atoms with van der Waals surface area (Å²) in [7, 11) is -4.35. The van der Waals surface area contributed by atoms with Crippen molar-refractivity contribution in [3.63, 3.8) is 0 Å². The Kier molecular flexibility index (Phi) is 8.70. The van der Waals surface area contributed by atoms with Crippen LogP contribution in [0, 0.1) is 5.92 Å². The molecule has 5 N–H and O–H groups in total. The van der Waals surface area contributed by atoms with Crippen LogP contribution in [-0.2, 0) is 29.3 Å². The summed E-state index contributed by atoms with van der Waals surface area (Å²) in [5, 5.41) is 3.04. The highest BCUT2D eigenvalue weighted by Gasteiger charge is 2.61. The third-order valence-corrected chi connectivity index (χ3v) is 8.34. The van der Waals surface area contributed by atoms with Crippen molar-refractivity contribution in [1.82, 2.24) is 14.9 Å². The summed E-state index contributed by atoms with van der Waals surface area (Å²) in [4.78, 5) is 52.8. The van der Waals surface area contributed by atoms with Crippen LogP contribution in [0.15, 0.2) is 36.4 Å². The second-order valence-corrected chi connectivity index (χ2v) is 11.9. The van der Waals surface area contributed by atoms with Crippen molar-refractivity contribution in [2.75, 3.05) is 11.3 Å². The van der Waals surface area contributed by atoms with Gasteiger partial charge in [-0.2, -0.15) is 8.42 Å². The molecule has 0 aromatic heterocycles. The molecular formula is C25H32ClN5O7S. The molecule has 4 amide bonds. The van der Waals surface area contributed by atoms with Gasteiger partial charge < -0.3 is 20.7 Å². The first kappa shape index (κ1) is 28.7. The molecule has 1 aromatic rings. The molecule has 4 rings (SSSR count). The molecule has 1 saturated heterocycles. The van der Waals surface area contributed by atoms with Gasteiger partial charge in [0.25, 0.3) is 11.8 Å². The normalized spacial score (nSPS) is 28.5. The molecule has 4 unspecified atom stereocenters. The standard InChI is InChI=1S/C25H32ClN5O7S/c26-17-9-6-10-18(14-17)29-39(36,37)30-23(34)25-15-16(25)8-4-2-1-3-5-12-20(38-24(27)35)22(33)31-13-7-11-19(31)21(32)28-25/h4,6,8-10,14,16,19-20,29H,1-3,5,7,11-13,15H2,(H2,27,35)(H,28,32)(H,30,34)/b8-4+. The number of halogens is 1. The molecule has 2 fully saturated rings. The Balaban J connectivity index is 1.55. The van der Waals surface area contributed by atoms with Crippen LogP contribution in [0.4, 0.5) is 10.5 Å². The lowest BCUT2D eigenvalue weighted by Crippen LogP contribution is -2.57. The lowest BCUT2D eigenvalue weighted by atomic mass is 10.1. The number of benzene rings is 1. The van der Waals surface area contributed by atoms with E-state index in [4.69, 9.17) is 22.1 Å². The summed E-state index contributed by atoms with van der Waals surface area (Å²) in [5.41, 5.74) is 3.84. The number of anilines is 1. The first-order chi connectivity index (χ1) is 18.5. The Bertz CT molecular complexity index is 1270. The molecule has 39 heavy (non-hydrogen) atoms. The van der Waals surface area contributed by atoms with E-state index < -0.39 is 57.6 Å². The Morgan fingerprint density at radius 1 is 1.15 bits per heavy atom. The molecule has 1 saturated carbocycles. The van der Waals surface area contributed by atoms with Crippen LogP contribution >= 0.6 is 11.6 Å². The van der Waals surface area contributed by atoms with Crippen molar-refractivity contribution in [2.24, 2.45) is 11.7 Å². The number of hydrogen-bond donors (Lipinski definition) is 4. The van der Waals surface area contributed by atoms with Crippen molar-refractivity contribution in [2.45, 2.75) is 69.1 Å². The Morgan fingerprint density at radius 2 is 1.95 bits per heavy atom. The lowest BCUT2D eigenvalue weighted by molar-refractivity contribution is -0.146. The second-order valence-electron chi connectivity index (χ2n) is 10.00. The number of rotatable bonds is 5. The van der Waals surface area contributed by atoms with Gasteiger partial charge in [0, 0.05) is 17.5 Å². The van der Waals surface area contributed by atoms with Gasteiger partial charge in [0.05, 0.1) is 5.69 Å². The van der Waals surface area contributed by atoms with Crippen LogP contribution in [0.1, 0.15) is 51.4 Å². The summed E-state index contributed by atoms with van der Waals surface area (Å²) < 4.78 is 34.8. The van der Waals surface area contributed by atoms with E-state index >= 15 is 0 Å². The predicted molar refractivity (Wildman–Crippen MR) is 143 cm³/mol. The van der Waals surface area contributed by atoms with Gasteiger partial charge >= 0.3 is 16.3 Å². The SMILES string of the molecule is NC(=O)OC1CCCCC/C=C/C2CC2(C(=O)NS(=O)(=O)Nc2cccc(Cl)c2)NC(=O)C2CCCN2C1=O. The average Bonchev–Trinajstić information content (AvgIpc) is 3.31. The molecule has 0 spiro atoms. The van der Waals surface area contributed by atoms with Crippen LogP contribution < -0.4 is 20.5 Å². The summed E-state index contributed by atoms with van der Waals surface area (Å²) in [6.07, 6.45) is 5.74. The maximum atomic E-state index is 13.4. The van der Waals surface area contributed by atoms with E-state index in [1.807, 2.05) is 16.9 Å². The highest BCUT2D eigenvalue weighted by Crippen LogP contribution is 2.45. The number of fused-ring (bicyclic) bond motifs is 2. The number of hydrogen-bond acceptors (Lipinski definition) is 7. The van der Waals surface area contributed by atoms with Crippen LogP contribution in [0.5, 0.6) is 0 Å². The maximum absolute atomic E-state index is 13.4. The Labute approximate surface area is 231 Å². The number of allylic oxidation sites excluding steroid dienone is 1. The second kappa shape index (κ2) is 11.8. The minimum atomic E-state index is -4.35. The van der Waals surface area contributed by atoms with E-state index in [1.54, 1.807) is 12.1 Å². The van der Waals surface area contributed by atoms with E-state index in [0.717, 1.165) is 12.8 Å². The number of carbonyl (C=O) groups is 4. The average molecular weight is 582 g/mol. The maximum Gasteiger partial charge on any atom is 0.405 e. The molecule has 0 bridgehead atoms. The van der Waals surface area contributed by atoms with Gasteiger partial charge in [0.15, 0.2) is 6.10 Å². The minimum absolute atomic E-state index is 0.159. The molecule has 2 heterocycles. The first-order valence-corrected chi connectivity index (χ1v) is 14.7. The summed E-state index contributed by atoms with van der Waals surface area (Å²) >= 11 is 5.92. The number of primary amides is 1. The van der Waals surface area contributed by atoms with Gasteiger partial charge in [-0.05, 0) is 63.1 Å². The van der Waals surface area contributed by atoms with Gasteiger partial charge in [-0.25, -0.2) is 9.52 Å². The summed E-state index contributed by atoms with van der Waals surface area (Å²) in [5.74, 6) is -2.42. The Hall–Kier alpha value is -3.32. The van der Waals surface area contributed by atoms with Crippen molar-refractivity contribution in [3.8, 4) is 0 Å². The van der Waals surface area contributed by atoms with E-state index in [2.05, 4.69) is 10.0 Å². The fourth-order valence-electron chi connectivity index (χ4n) is 5.12. The van der Waals surface area contributed by atoms with Gasteiger partial charge in [-0.3, -0.25) is 19.1 Å². The third-order valence-electron chi connectivity index (χ3n) is 7.15. The molecule has 12 nitrogen and oxygen atoms in total. The number of ether oxygens (including phenoxy) is 1. The first-order valence-electron chi connectivity index (χ1n) is 12.9. The highest BCUT2D eigenvalue weighted by molar-refractivity contribution is 7.91. The highest BCUT2D eigenvalue weighted by atomic mass is 35.5. The zero-order valence-corrected chi connectivity index (χ0v) is 22.8. The minimum Gasteiger partial charge on any atom is -0.436 e. The van der Waals surface area contributed by atoms with Crippen LogP contribution in [0.2, 0.25) is 5.02 Å². The third kappa shape index (κ3) is 7.01. The zero-order chi connectivity index (χ0) is 28.2. The smallest absolute Gasteiger partial charge is 0.405 e. The van der Waals surface area contributed by atoms with Crippen molar-refractivity contribution >= 4 is 51.3 Å². The van der Waals surface area contributed by atoms with Crippen LogP contribution in [0.25, 0.3) is 0 Å². The van der Waals surface area contributed by atoms with Crippen LogP contribution in [0.3, 0.4) is 0 Å². The fraction of sp³-hybridized carbons (Fsp3) is 0.520. The molecular weight excluding hydrogens is 550 g/mol. The van der Waals surface area contributed by atoms with Crippen molar-refractivity contribution in [3.05, 3.63) is 41.4 Å². The molecule has 14 heteroatoms. The summed E-state index contributed by atoms with van der Waals surface area (Å²) in [6.45, 7) is 0.274. The molecule has 3 aliphatic rings. The van der Waals surface area contributed by atoms with Gasteiger partial charge in [0.1, 0.15) is 11.6 Å². The largest absolute Gasteiger partial charge is 0.436 e. The van der Waals surface area contributed by atoms with Crippen molar-refractivity contribution in [1.29, 1.82) is 0 Å². The van der Waals surface area contributed by atoms with E-state index in [9.17, 15) is 27.6 Å². The quantitative estimate of drug-likeness (QED) is 0.384. The molecule has 4 atom stereocenters. The number of amides is 4. The van der Waals surface area contributed by atoms with Gasteiger partial charge in [-0.1, -0.05) is 36.2 Å². The predicted octanol–water partition coefficient (Wildman–Crippen LogP) is 1.96. The van der Waals surface area contributed by atoms with Gasteiger partial charge in [-0.15, -0.1) is 0 Å². The monoisotopic (exact) mass is 581 g/mol. The zero-order valence-electron chi connectivity index (χ0n) is 21.2. The molecule has 212 valence electrons. The molecule has 0 radical (unpaired) electrons. The van der Waals surface area contributed by atoms with E-state index in [0.29, 0.717) is 30.7 Å². The van der Waals surface area contributed by atoms with Crippen LogP contribution in [-0.4, -0.2) is 61.4 Å². The lowest BCUT2D eigenvalue weighted by Gasteiger charge is -2.29. The molecule has 1 aromatic carbocycles. The fourth-order valence-corrected chi connectivity index (χ4v) is 6.23. The molecule has 2 aliphatic heterocycles. The van der Waals surface area contributed by atoms with Crippen molar-refractivity contribution < 1.29 is 32.3 Å². The number of nitrogens with two attached hydrogens (primary N) is 1. The summed E-state index contributed by atoms with van der Waals surface area (Å²) in [6, 6.07) is 5.08. The van der Waals surface area contributed by atoms with Gasteiger partial charge in [0.2, 0.25) is 5.91 Å². The number of carbonyl (C=O) groups excluding carboxylic acids is 4.